The van der Waals surface area contributed by atoms with Crippen LogP contribution in [-0.2, 0) is 30.3 Å². The number of aromatic amines is 1. The van der Waals surface area contributed by atoms with Crippen LogP contribution in [0.25, 0.3) is 16.4 Å². The monoisotopic (exact) mass is 457 g/mol. The zero-order valence-electron chi connectivity index (χ0n) is 19.6. The Morgan fingerprint density at radius 3 is 2.61 bits per heavy atom. The summed E-state index contributed by atoms with van der Waals surface area (Å²) in [5.74, 6) is -1.62. The minimum atomic E-state index is -1.04. The fourth-order valence-electron chi connectivity index (χ4n) is 3.46. The van der Waals surface area contributed by atoms with Crippen molar-refractivity contribution in [2.24, 2.45) is 0 Å². The summed E-state index contributed by atoms with van der Waals surface area (Å²) in [4.78, 5) is 45.1. The van der Waals surface area contributed by atoms with Crippen LogP contribution < -0.4 is 10.2 Å². The lowest BCUT2D eigenvalue weighted by Gasteiger charge is -2.22. The van der Waals surface area contributed by atoms with E-state index in [9.17, 15) is 14.4 Å². The number of nitrogens with one attached hydrogen (secondary N) is 2. The van der Waals surface area contributed by atoms with Gasteiger partial charge in [0.05, 0.1) is 17.3 Å². The number of fused-ring (bicyclic) bond motifs is 1. The van der Waals surface area contributed by atoms with Crippen molar-refractivity contribution in [2.75, 3.05) is 26.1 Å². The van der Waals surface area contributed by atoms with Gasteiger partial charge in [-0.15, -0.1) is 0 Å². The maximum Gasteiger partial charge on any atom is 0.328 e. The number of esters is 1. The van der Waals surface area contributed by atoms with Crippen molar-refractivity contribution < 1.29 is 28.6 Å². The van der Waals surface area contributed by atoms with E-state index in [1.54, 1.807) is 13.8 Å². The SMILES string of the molecule is CO[C@@H](Cc1c[nH]c2c(N(C)C)cccc12)C(=O)N[C@@H](CCC(=O)C=[N+]=[N-])C(=O)OC(C)C. The van der Waals surface area contributed by atoms with E-state index in [1.807, 2.05) is 43.4 Å². The molecule has 10 heteroatoms. The van der Waals surface area contributed by atoms with Crippen LogP contribution in [0.4, 0.5) is 5.69 Å². The number of Topliss-reactive ketones (excluding diaryl/α,β-unsaturated/α-hetero) is 1. The van der Waals surface area contributed by atoms with Gasteiger partial charge in [-0.25, -0.2) is 4.79 Å². The second-order valence-corrected chi connectivity index (χ2v) is 8.13. The predicted molar refractivity (Wildman–Crippen MR) is 124 cm³/mol. The minimum absolute atomic E-state index is 0.00212. The average molecular weight is 458 g/mol. The van der Waals surface area contributed by atoms with Crippen molar-refractivity contribution in [1.82, 2.24) is 10.3 Å². The molecule has 0 spiro atoms. The first-order chi connectivity index (χ1) is 15.7. The highest BCUT2D eigenvalue weighted by molar-refractivity contribution is 6.25. The lowest BCUT2D eigenvalue weighted by atomic mass is 10.0. The van der Waals surface area contributed by atoms with Gasteiger partial charge in [0.2, 0.25) is 11.7 Å². The molecule has 1 heterocycles. The second kappa shape index (κ2) is 11.9. The maximum absolute atomic E-state index is 13.0. The lowest BCUT2D eigenvalue weighted by molar-refractivity contribution is -0.152. The molecule has 0 aliphatic rings. The third kappa shape index (κ3) is 7.00. The number of ether oxygens (including phenoxy) is 2. The van der Waals surface area contributed by atoms with E-state index in [-0.39, 0.29) is 25.4 Å². The first-order valence-corrected chi connectivity index (χ1v) is 10.7. The molecule has 2 N–H and O–H groups in total. The van der Waals surface area contributed by atoms with Crippen molar-refractivity contribution in [3.8, 4) is 0 Å². The zero-order valence-corrected chi connectivity index (χ0v) is 19.6. The van der Waals surface area contributed by atoms with Crippen LogP contribution in [0.2, 0.25) is 0 Å². The normalized spacial score (nSPS) is 12.7. The molecule has 0 aliphatic heterocycles. The lowest BCUT2D eigenvalue weighted by Crippen LogP contribution is -2.48. The third-order valence-corrected chi connectivity index (χ3v) is 5.08. The second-order valence-electron chi connectivity index (χ2n) is 8.13. The molecule has 0 radical (unpaired) electrons. The molecule has 33 heavy (non-hydrogen) atoms. The standard InChI is InChI=1S/C23H31N5O5/c1-14(2)33-23(31)18(10-9-16(29)13-26-24)27-22(30)20(32-5)11-15-12-25-21-17(15)7-6-8-19(21)28(3)4/h6-8,12-14,18,20,25H,9-11H2,1-5H3,(H,27,30)/t18-,20-/m0/s1. The van der Waals surface area contributed by atoms with Crippen LogP contribution in [0.1, 0.15) is 32.3 Å². The molecule has 10 nitrogen and oxygen atoms in total. The molecular weight excluding hydrogens is 426 g/mol. The molecule has 0 unspecified atom stereocenters. The summed E-state index contributed by atoms with van der Waals surface area (Å²) < 4.78 is 10.6. The summed E-state index contributed by atoms with van der Waals surface area (Å²) in [6.45, 7) is 3.38. The van der Waals surface area contributed by atoms with E-state index < -0.39 is 29.8 Å². The number of benzene rings is 1. The van der Waals surface area contributed by atoms with Crippen LogP contribution in [0.15, 0.2) is 24.4 Å². The van der Waals surface area contributed by atoms with Crippen LogP contribution in [0.3, 0.4) is 0 Å². The van der Waals surface area contributed by atoms with Crippen molar-refractivity contribution in [3.63, 3.8) is 0 Å². The van der Waals surface area contributed by atoms with Crippen molar-refractivity contribution in [1.29, 1.82) is 0 Å². The minimum Gasteiger partial charge on any atom is -0.461 e. The topological polar surface area (TPSA) is 137 Å². The van der Waals surface area contributed by atoms with Crippen LogP contribution in [0, 0.1) is 0 Å². The van der Waals surface area contributed by atoms with Gasteiger partial charge in [0.1, 0.15) is 12.1 Å². The van der Waals surface area contributed by atoms with Gasteiger partial charge < -0.3 is 30.2 Å². The Hall–Kier alpha value is -3.49. The Balaban J connectivity index is 2.18. The first-order valence-electron chi connectivity index (χ1n) is 10.7. The van der Waals surface area contributed by atoms with Gasteiger partial charge >= 0.3 is 12.2 Å². The van der Waals surface area contributed by atoms with Crippen molar-refractivity contribution in [2.45, 2.75) is 51.4 Å². The number of H-pyrrole nitrogens is 1. The summed E-state index contributed by atoms with van der Waals surface area (Å²) >= 11 is 0. The first kappa shape index (κ1) is 25.8. The highest BCUT2D eigenvalue weighted by Crippen LogP contribution is 2.28. The van der Waals surface area contributed by atoms with Gasteiger partial charge in [0, 0.05) is 45.6 Å². The quantitative estimate of drug-likeness (QED) is 0.216. The van der Waals surface area contributed by atoms with Gasteiger partial charge in [-0.3, -0.25) is 9.59 Å². The van der Waals surface area contributed by atoms with Gasteiger partial charge in [-0.05, 0) is 31.9 Å². The number of hydrogen-bond acceptors (Lipinski definition) is 6. The molecule has 1 amide bonds. The predicted octanol–water partition coefficient (Wildman–Crippen LogP) is 1.88. The molecule has 0 saturated carbocycles. The Labute approximate surface area is 192 Å². The van der Waals surface area contributed by atoms with Gasteiger partial charge in [0.25, 0.3) is 0 Å². The highest BCUT2D eigenvalue weighted by atomic mass is 16.5. The average Bonchev–Trinajstić information content (AvgIpc) is 3.17. The smallest absolute Gasteiger partial charge is 0.328 e. The van der Waals surface area contributed by atoms with E-state index in [0.29, 0.717) is 0 Å². The number of aromatic nitrogens is 1. The van der Waals surface area contributed by atoms with Gasteiger partial charge in [0.15, 0.2) is 0 Å². The molecule has 0 fully saturated rings. The number of carbonyl (C=O) groups excluding carboxylic acids is 3. The largest absolute Gasteiger partial charge is 0.461 e. The zero-order chi connectivity index (χ0) is 24.5. The van der Waals surface area contributed by atoms with E-state index in [1.165, 1.54) is 7.11 Å². The van der Waals surface area contributed by atoms with Crippen molar-refractivity contribution >= 4 is 40.5 Å². The fraction of sp³-hybridized carbons (Fsp3) is 0.478. The Morgan fingerprint density at radius 2 is 2.00 bits per heavy atom. The number of nitrogens with zero attached hydrogens (tertiary/aromatic N) is 3. The van der Waals surface area contributed by atoms with Crippen LogP contribution in [-0.4, -0.2) is 73.1 Å². The Bertz CT molecular complexity index is 1040. The molecule has 2 aromatic rings. The molecule has 0 saturated heterocycles. The Morgan fingerprint density at radius 1 is 1.27 bits per heavy atom. The van der Waals surface area contributed by atoms with Gasteiger partial charge in [-0.1, -0.05) is 12.1 Å². The van der Waals surface area contributed by atoms with Crippen LogP contribution in [0.5, 0.6) is 0 Å². The van der Waals surface area contributed by atoms with Gasteiger partial charge in [-0.2, -0.15) is 4.79 Å². The number of carbonyl (C=O) groups is 3. The molecule has 1 aromatic carbocycles. The Kier molecular flexibility index (Phi) is 9.32. The number of methoxy groups -OCH3 is 1. The summed E-state index contributed by atoms with van der Waals surface area (Å²) in [6.07, 6.45) is 1.52. The number of ketones is 1. The van der Waals surface area contributed by atoms with Crippen molar-refractivity contribution in [3.05, 3.63) is 35.5 Å². The van der Waals surface area contributed by atoms with E-state index in [2.05, 4.69) is 15.1 Å². The number of hydrogen-bond donors (Lipinski definition) is 2. The molecule has 2 rings (SSSR count). The molecule has 2 atom stereocenters. The summed E-state index contributed by atoms with van der Waals surface area (Å²) in [5, 5.41) is 3.62. The number of anilines is 1. The fourth-order valence-corrected chi connectivity index (χ4v) is 3.46. The summed E-state index contributed by atoms with van der Waals surface area (Å²) in [5.41, 5.74) is 11.4. The molecule has 0 aliphatic carbocycles. The molecule has 0 bridgehead atoms. The molecule has 178 valence electrons. The van der Waals surface area contributed by atoms with E-state index >= 15 is 0 Å². The molecular formula is C23H31N5O5. The third-order valence-electron chi connectivity index (χ3n) is 5.08. The summed E-state index contributed by atoms with van der Waals surface area (Å²) in [6, 6.07) is 4.87. The van der Waals surface area contributed by atoms with Crippen LogP contribution >= 0.6 is 0 Å². The maximum atomic E-state index is 13.0. The number of rotatable bonds is 12. The van der Waals surface area contributed by atoms with E-state index in [0.717, 1.165) is 28.4 Å². The number of amides is 1. The van der Waals surface area contributed by atoms with E-state index in [4.69, 9.17) is 15.0 Å². The highest BCUT2D eigenvalue weighted by Gasteiger charge is 2.28. The number of para-hydroxylation sites is 1. The molecule has 1 aromatic heterocycles. The summed E-state index contributed by atoms with van der Waals surface area (Å²) in [7, 11) is 5.33.